The Balaban J connectivity index is 1.54. The number of hydrogen-bond donors (Lipinski definition) is 2. The summed E-state index contributed by atoms with van der Waals surface area (Å²) < 4.78 is 3.45. The summed E-state index contributed by atoms with van der Waals surface area (Å²) in [6, 6.07) is 12.7. The highest BCUT2D eigenvalue weighted by Crippen LogP contribution is 2.49. The van der Waals surface area contributed by atoms with Gasteiger partial charge in [-0.2, -0.15) is 0 Å². The molecular formula is C25H31NO2S. The molecule has 2 aromatic carbocycles. The third-order valence-electron chi connectivity index (χ3n) is 7.02. The maximum Gasteiger partial charge on any atom is 0.314 e. The summed E-state index contributed by atoms with van der Waals surface area (Å²) in [4.78, 5) is 12.8. The molecule has 154 valence electrons. The number of rotatable bonds is 5. The van der Waals surface area contributed by atoms with E-state index in [2.05, 4.69) is 51.5 Å². The number of aliphatic carboxylic acids is 1. The standard InChI is InChI=1S/C25H31NO2S/c1-16-14-19-20(24(4,5)11-10-23(19,2)3)15-21(16)29-26-18-8-6-17(7-9-18)25(12-13-25)22(27)28/h6-9,14-15,26H,10-13H2,1-5H3,(H,27,28). The normalized spacial score (nSPS) is 20.6. The number of anilines is 1. The quantitative estimate of drug-likeness (QED) is 0.548. The zero-order chi connectivity index (χ0) is 21.0. The van der Waals surface area contributed by atoms with Crippen molar-refractivity contribution in [1.82, 2.24) is 0 Å². The largest absolute Gasteiger partial charge is 0.481 e. The van der Waals surface area contributed by atoms with E-state index in [4.69, 9.17) is 0 Å². The Hall–Kier alpha value is -1.94. The van der Waals surface area contributed by atoms with Gasteiger partial charge in [-0.3, -0.25) is 4.79 Å². The van der Waals surface area contributed by atoms with E-state index in [1.807, 2.05) is 24.3 Å². The van der Waals surface area contributed by atoms with Crippen LogP contribution in [0.5, 0.6) is 0 Å². The molecule has 0 unspecified atom stereocenters. The van der Waals surface area contributed by atoms with Crippen LogP contribution in [0.2, 0.25) is 0 Å². The summed E-state index contributed by atoms with van der Waals surface area (Å²) in [6.07, 6.45) is 3.91. The number of carboxylic acid groups (broad SMARTS) is 1. The van der Waals surface area contributed by atoms with E-state index in [0.29, 0.717) is 0 Å². The number of carboxylic acids is 1. The second kappa shape index (κ2) is 6.80. The smallest absolute Gasteiger partial charge is 0.314 e. The predicted molar refractivity (Wildman–Crippen MR) is 121 cm³/mol. The molecule has 0 saturated heterocycles. The lowest BCUT2D eigenvalue weighted by Gasteiger charge is -2.42. The zero-order valence-electron chi connectivity index (χ0n) is 18.1. The van der Waals surface area contributed by atoms with Gasteiger partial charge in [0.15, 0.2) is 0 Å². The minimum atomic E-state index is -0.706. The monoisotopic (exact) mass is 409 g/mol. The molecule has 3 nitrogen and oxygen atoms in total. The summed E-state index contributed by atoms with van der Waals surface area (Å²) >= 11 is 1.64. The summed E-state index contributed by atoms with van der Waals surface area (Å²) in [5.74, 6) is -0.706. The van der Waals surface area contributed by atoms with E-state index in [1.165, 1.54) is 34.4 Å². The van der Waals surface area contributed by atoms with Crippen molar-refractivity contribution in [3.63, 3.8) is 0 Å². The first-order chi connectivity index (χ1) is 13.6. The van der Waals surface area contributed by atoms with Crippen molar-refractivity contribution in [2.75, 3.05) is 4.72 Å². The molecule has 0 bridgehead atoms. The van der Waals surface area contributed by atoms with Crippen molar-refractivity contribution in [2.24, 2.45) is 0 Å². The van der Waals surface area contributed by atoms with Crippen molar-refractivity contribution in [1.29, 1.82) is 0 Å². The molecule has 0 radical (unpaired) electrons. The molecule has 29 heavy (non-hydrogen) atoms. The molecule has 0 heterocycles. The molecular weight excluding hydrogens is 378 g/mol. The second-order valence-corrected chi connectivity index (χ2v) is 10.9. The molecule has 1 saturated carbocycles. The summed E-state index contributed by atoms with van der Waals surface area (Å²) in [5.41, 5.74) is 5.95. The van der Waals surface area contributed by atoms with Crippen LogP contribution in [0.3, 0.4) is 0 Å². The molecule has 4 rings (SSSR count). The van der Waals surface area contributed by atoms with Gasteiger partial charge in [0.25, 0.3) is 0 Å². The average molecular weight is 410 g/mol. The van der Waals surface area contributed by atoms with Crippen LogP contribution in [0, 0.1) is 6.92 Å². The van der Waals surface area contributed by atoms with E-state index in [0.717, 1.165) is 24.1 Å². The fourth-order valence-corrected chi connectivity index (χ4v) is 5.30. The van der Waals surface area contributed by atoms with Crippen molar-refractivity contribution < 1.29 is 9.90 Å². The Bertz CT molecular complexity index is 956. The number of benzene rings is 2. The van der Waals surface area contributed by atoms with Crippen molar-refractivity contribution in [3.8, 4) is 0 Å². The topological polar surface area (TPSA) is 49.3 Å². The van der Waals surface area contributed by atoms with Gasteiger partial charge in [0.1, 0.15) is 0 Å². The molecule has 4 heteroatoms. The lowest BCUT2D eigenvalue weighted by molar-refractivity contribution is -0.140. The Morgan fingerprint density at radius 2 is 1.48 bits per heavy atom. The minimum Gasteiger partial charge on any atom is -0.481 e. The van der Waals surface area contributed by atoms with Crippen molar-refractivity contribution >= 4 is 23.6 Å². The lowest BCUT2D eigenvalue weighted by Crippen LogP contribution is -2.34. The molecule has 0 aromatic heterocycles. The van der Waals surface area contributed by atoms with E-state index in [1.54, 1.807) is 11.9 Å². The minimum absolute atomic E-state index is 0.199. The third-order valence-corrected chi connectivity index (χ3v) is 8.02. The highest BCUT2D eigenvalue weighted by atomic mass is 32.2. The first-order valence-corrected chi connectivity index (χ1v) is 11.3. The van der Waals surface area contributed by atoms with Gasteiger partial charge in [0.05, 0.1) is 5.41 Å². The Morgan fingerprint density at radius 1 is 0.931 bits per heavy atom. The number of nitrogens with one attached hydrogen (secondary N) is 1. The van der Waals surface area contributed by atoms with Crippen LogP contribution in [0.1, 0.15) is 75.6 Å². The van der Waals surface area contributed by atoms with Crippen LogP contribution in [0.4, 0.5) is 5.69 Å². The maximum atomic E-state index is 11.5. The highest BCUT2D eigenvalue weighted by molar-refractivity contribution is 8.00. The fraction of sp³-hybridized carbons (Fsp3) is 0.480. The van der Waals surface area contributed by atoms with Gasteiger partial charge >= 0.3 is 5.97 Å². The predicted octanol–water partition coefficient (Wildman–Crippen LogP) is 6.58. The molecule has 2 aliphatic rings. The molecule has 1 fully saturated rings. The number of aryl methyl sites for hydroxylation is 1. The second-order valence-electron chi connectivity index (χ2n) is 10.1. The Labute approximate surface area is 178 Å². The molecule has 2 aliphatic carbocycles. The van der Waals surface area contributed by atoms with Crippen LogP contribution in [-0.4, -0.2) is 11.1 Å². The third kappa shape index (κ3) is 3.56. The molecule has 0 atom stereocenters. The van der Waals surface area contributed by atoms with E-state index >= 15 is 0 Å². The first-order valence-electron chi connectivity index (χ1n) is 10.5. The van der Waals surface area contributed by atoms with E-state index in [9.17, 15) is 9.90 Å². The maximum absolute atomic E-state index is 11.5. The Kier molecular flexibility index (Phi) is 4.77. The van der Waals surface area contributed by atoms with Crippen LogP contribution in [0.15, 0.2) is 41.3 Å². The van der Waals surface area contributed by atoms with E-state index in [-0.39, 0.29) is 10.8 Å². The first kappa shape index (κ1) is 20.3. The molecule has 2 aromatic rings. The number of carbonyl (C=O) groups is 1. The molecule has 2 N–H and O–H groups in total. The van der Waals surface area contributed by atoms with Gasteiger partial charge in [0, 0.05) is 10.6 Å². The van der Waals surface area contributed by atoms with Gasteiger partial charge in [-0.05, 0) is 95.8 Å². The average Bonchev–Trinajstić information content (AvgIpc) is 3.47. The van der Waals surface area contributed by atoms with Gasteiger partial charge < -0.3 is 9.83 Å². The van der Waals surface area contributed by atoms with Crippen LogP contribution in [-0.2, 0) is 21.0 Å². The summed E-state index contributed by atoms with van der Waals surface area (Å²) in [7, 11) is 0. The number of fused-ring (bicyclic) bond motifs is 1. The van der Waals surface area contributed by atoms with Crippen LogP contribution >= 0.6 is 11.9 Å². The lowest BCUT2D eigenvalue weighted by atomic mass is 9.63. The number of hydrogen-bond acceptors (Lipinski definition) is 3. The van der Waals surface area contributed by atoms with Gasteiger partial charge in [-0.15, -0.1) is 0 Å². The zero-order valence-corrected chi connectivity index (χ0v) is 18.9. The van der Waals surface area contributed by atoms with Gasteiger partial charge in [-0.25, -0.2) is 0 Å². The summed E-state index contributed by atoms with van der Waals surface area (Å²) in [5, 5.41) is 9.47. The van der Waals surface area contributed by atoms with Crippen LogP contribution in [0.25, 0.3) is 0 Å². The van der Waals surface area contributed by atoms with Crippen LogP contribution < -0.4 is 4.72 Å². The molecule has 0 aliphatic heterocycles. The highest BCUT2D eigenvalue weighted by Gasteiger charge is 2.51. The SMILES string of the molecule is Cc1cc2c(cc1SNc1ccc(C3(C(=O)O)CC3)cc1)C(C)(C)CCC2(C)C. The molecule has 0 spiro atoms. The summed E-state index contributed by atoms with van der Waals surface area (Å²) in [6.45, 7) is 11.6. The fourth-order valence-electron chi connectivity index (χ4n) is 4.53. The van der Waals surface area contributed by atoms with Crippen molar-refractivity contribution in [3.05, 3.63) is 58.7 Å². The van der Waals surface area contributed by atoms with Crippen molar-refractivity contribution in [2.45, 2.75) is 81.4 Å². The van der Waals surface area contributed by atoms with E-state index < -0.39 is 11.4 Å². The molecule has 0 amide bonds. The van der Waals surface area contributed by atoms with Gasteiger partial charge in [0.2, 0.25) is 0 Å². The van der Waals surface area contributed by atoms with Gasteiger partial charge in [-0.1, -0.05) is 45.9 Å². The Morgan fingerprint density at radius 3 is 2.00 bits per heavy atom.